The molecule has 25 heavy (non-hydrogen) atoms. The first-order valence-corrected chi connectivity index (χ1v) is 6.82. The fourth-order valence-corrected chi connectivity index (χ4v) is 1.09. The Morgan fingerprint density at radius 1 is 0.840 bits per heavy atom. The number of halogens is 6. The van der Waals surface area contributed by atoms with Crippen molar-refractivity contribution in [2.45, 2.75) is 39.2 Å². The van der Waals surface area contributed by atoms with Gasteiger partial charge in [0.1, 0.15) is 25.9 Å². The molecule has 6 nitrogen and oxygen atoms in total. The molecule has 0 amide bonds. The minimum absolute atomic E-state index is 0.147. The van der Waals surface area contributed by atoms with Crippen LogP contribution in [-0.2, 0) is 28.5 Å². The molecule has 1 atom stereocenters. The van der Waals surface area contributed by atoms with Gasteiger partial charge in [0.05, 0.1) is 13.2 Å². The zero-order valence-electron chi connectivity index (χ0n) is 13.8. The van der Waals surface area contributed by atoms with Crippen molar-refractivity contribution in [1.82, 2.24) is 0 Å². The van der Waals surface area contributed by atoms with Crippen LogP contribution in [0, 0.1) is 0 Å². The van der Waals surface area contributed by atoms with Crippen LogP contribution in [0.2, 0.25) is 0 Å². The zero-order chi connectivity index (χ0) is 20.1. The van der Waals surface area contributed by atoms with E-state index in [1.807, 2.05) is 0 Å². The third-order valence-corrected chi connectivity index (χ3v) is 1.78. The summed E-state index contributed by atoms with van der Waals surface area (Å²) in [7, 11) is 0. The van der Waals surface area contributed by atoms with Gasteiger partial charge >= 0.3 is 24.3 Å². The van der Waals surface area contributed by atoms with Crippen molar-refractivity contribution >= 4 is 11.9 Å². The summed E-state index contributed by atoms with van der Waals surface area (Å²) in [5.41, 5.74) is 0. The average Bonchev–Trinajstić information content (AvgIpc) is 2.34. The van der Waals surface area contributed by atoms with Crippen LogP contribution in [0.3, 0.4) is 0 Å². The predicted molar refractivity (Wildman–Crippen MR) is 71.6 cm³/mol. The van der Waals surface area contributed by atoms with Crippen LogP contribution >= 0.6 is 0 Å². The summed E-state index contributed by atoms with van der Waals surface area (Å²) in [6.07, 6.45) is -9.31. The Labute approximate surface area is 140 Å². The maximum atomic E-state index is 11.5. The zero-order valence-corrected chi connectivity index (χ0v) is 13.8. The highest BCUT2D eigenvalue weighted by molar-refractivity contribution is 5.66. The van der Waals surface area contributed by atoms with E-state index in [9.17, 15) is 35.9 Å². The second-order valence-electron chi connectivity index (χ2n) is 4.56. The molecule has 0 aliphatic carbocycles. The molecule has 1 unspecified atom stereocenters. The minimum atomic E-state index is -4.34. The van der Waals surface area contributed by atoms with Gasteiger partial charge in [-0.05, 0) is 6.92 Å². The van der Waals surface area contributed by atoms with E-state index in [2.05, 4.69) is 18.9 Å². The number of alkyl halides is 6. The van der Waals surface area contributed by atoms with Crippen LogP contribution in [0.25, 0.3) is 0 Å². The molecule has 0 aromatic rings. The normalized spacial score (nSPS) is 12.7. The SMILES string of the molecule is CC(=O)OC(C)COCC(F)(F)F.CC(=O)OCCOCC(F)(F)F. The van der Waals surface area contributed by atoms with Crippen LogP contribution in [0.4, 0.5) is 26.3 Å². The van der Waals surface area contributed by atoms with Gasteiger partial charge in [-0.15, -0.1) is 0 Å². The van der Waals surface area contributed by atoms with Gasteiger partial charge in [0.15, 0.2) is 0 Å². The van der Waals surface area contributed by atoms with E-state index in [1.54, 1.807) is 0 Å². The average molecular weight is 386 g/mol. The summed E-state index contributed by atoms with van der Waals surface area (Å²) in [4.78, 5) is 20.4. The highest BCUT2D eigenvalue weighted by Gasteiger charge is 2.28. The summed E-state index contributed by atoms with van der Waals surface area (Å²) in [6.45, 7) is 0.540. The molecular formula is C13H20F6O6. The number of hydrogen-bond donors (Lipinski definition) is 0. The third-order valence-electron chi connectivity index (χ3n) is 1.78. The van der Waals surface area contributed by atoms with Crippen LogP contribution < -0.4 is 0 Å². The van der Waals surface area contributed by atoms with Crippen molar-refractivity contribution in [3.8, 4) is 0 Å². The van der Waals surface area contributed by atoms with Gasteiger partial charge < -0.3 is 18.9 Å². The van der Waals surface area contributed by atoms with Gasteiger partial charge in [0.2, 0.25) is 0 Å². The van der Waals surface area contributed by atoms with Gasteiger partial charge in [-0.2, -0.15) is 26.3 Å². The van der Waals surface area contributed by atoms with Crippen molar-refractivity contribution in [3.63, 3.8) is 0 Å². The predicted octanol–water partition coefficient (Wildman–Crippen LogP) is 2.65. The molecular weight excluding hydrogens is 366 g/mol. The molecule has 0 saturated heterocycles. The summed E-state index contributed by atoms with van der Waals surface area (Å²) in [6, 6.07) is 0. The lowest BCUT2D eigenvalue weighted by Gasteiger charge is -2.13. The van der Waals surface area contributed by atoms with E-state index >= 15 is 0 Å². The first-order valence-electron chi connectivity index (χ1n) is 6.82. The molecule has 0 aliphatic heterocycles. The molecule has 0 aromatic carbocycles. The van der Waals surface area contributed by atoms with E-state index < -0.39 is 43.6 Å². The van der Waals surface area contributed by atoms with Crippen molar-refractivity contribution in [2.24, 2.45) is 0 Å². The molecule has 0 N–H and O–H groups in total. The van der Waals surface area contributed by atoms with E-state index in [1.165, 1.54) is 20.8 Å². The number of esters is 2. The van der Waals surface area contributed by atoms with E-state index in [-0.39, 0.29) is 19.8 Å². The highest BCUT2D eigenvalue weighted by atomic mass is 19.4. The van der Waals surface area contributed by atoms with Crippen LogP contribution in [0.15, 0.2) is 0 Å². The Bertz CT molecular complexity index is 382. The van der Waals surface area contributed by atoms with Gasteiger partial charge in [0, 0.05) is 13.8 Å². The maximum Gasteiger partial charge on any atom is 0.411 e. The molecule has 0 rings (SSSR count). The molecule has 0 spiro atoms. The van der Waals surface area contributed by atoms with Crippen molar-refractivity contribution in [2.75, 3.05) is 33.0 Å². The van der Waals surface area contributed by atoms with Crippen LogP contribution in [0.5, 0.6) is 0 Å². The first-order chi connectivity index (χ1) is 11.2. The number of carbonyl (C=O) groups is 2. The Kier molecular flexibility index (Phi) is 13.1. The summed E-state index contributed by atoms with van der Waals surface area (Å²) < 4.78 is 86.1. The lowest BCUT2D eigenvalue weighted by atomic mass is 10.4. The summed E-state index contributed by atoms with van der Waals surface area (Å²) >= 11 is 0. The Hall–Kier alpha value is -1.56. The Balaban J connectivity index is 0. The van der Waals surface area contributed by atoms with Crippen molar-refractivity contribution < 1.29 is 54.9 Å². The molecule has 150 valence electrons. The molecule has 0 saturated carbocycles. The molecule has 0 fully saturated rings. The quantitative estimate of drug-likeness (QED) is 0.363. The fraction of sp³-hybridized carbons (Fsp3) is 0.846. The van der Waals surface area contributed by atoms with Gasteiger partial charge in [-0.25, -0.2) is 0 Å². The highest BCUT2D eigenvalue weighted by Crippen LogP contribution is 2.15. The van der Waals surface area contributed by atoms with E-state index in [4.69, 9.17) is 0 Å². The molecule has 0 heterocycles. The number of ether oxygens (including phenoxy) is 4. The topological polar surface area (TPSA) is 71.1 Å². The lowest BCUT2D eigenvalue weighted by Crippen LogP contribution is -2.24. The first kappa shape index (κ1) is 25.7. The molecule has 0 radical (unpaired) electrons. The molecule has 12 heteroatoms. The van der Waals surface area contributed by atoms with E-state index in [0.29, 0.717) is 0 Å². The summed E-state index contributed by atoms with van der Waals surface area (Å²) in [5.74, 6) is -1.08. The Morgan fingerprint density at radius 2 is 1.32 bits per heavy atom. The number of rotatable bonds is 8. The molecule has 0 aliphatic rings. The number of carbonyl (C=O) groups excluding carboxylic acids is 2. The minimum Gasteiger partial charge on any atom is -0.463 e. The van der Waals surface area contributed by atoms with Crippen molar-refractivity contribution in [3.05, 3.63) is 0 Å². The van der Waals surface area contributed by atoms with Crippen LogP contribution in [0.1, 0.15) is 20.8 Å². The van der Waals surface area contributed by atoms with Gasteiger partial charge in [-0.3, -0.25) is 9.59 Å². The standard InChI is InChI=1S/C7H11F3O3.C6H9F3O3/c1-5(13-6(2)11)3-12-4-7(8,9)10;1-5(10)12-3-2-11-4-6(7,8)9/h5H,3-4H2,1-2H3;2-4H2,1H3. The van der Waals surface area contributed by atoms with Gasteiger partial charge in [-0.1, -0.05) is 0 Å². The van der Waals surface area contributed by atoms with Gasteiger partial charge in [0.25, 0.3) is 0 Å². The molecule has 0 aromatic heterocycles. The lowest BCUT2D eigenvalue weighted by molar-refractivity contribution is -0.182. The smallest absolute Gasteiger partial charge is 0.411 e. The Morgan fingerprint density at radius 3 is 1.72 bits per heavy atom. The second kappa shape index (κ2) is 12.8. The van der Waals surface area contributed by atoms with E-state index in [0.717, 1.165) is 0 Å². The monoisotopic (exact) mass is 386 g/mol. The third kappa shape index (κ3) is 27.6. The van der Waals surface area contributed by atoms with Crippen molar-refractivity contribution in [1.29, 1.82) is 0 Å². The fourth-order valence-electron chi connectivity index (χ4n) is 1.09. The van der Waals surface area contributed by atoms with Crippen LogP contribution in [-0.4, -0.2) is 63.4 Å². The number of hydrogen-bond acceptors (Lipinski definition) is 6. The second-order valence-corrected chi connectivity index (χ2v) is 4.56. The molecule has 0 bridgehead atoms. The maximum absolute atomic E-state index is 11.5. The summed E-state index contributed by atoms with van der Waals surface area (Å²) in [5, 5.41) is 0. The largest absolute Gasteiger partial charge is 0.463 e.